The fraction of sp³-hybridized carbons (Fsp3) is 0.300. The van der Waals surface area contributed by atoms with E-state index in [2.05, 4.69) is 4.72 Å². The van der Waals surface area contributed by atoms with Gasteiger partial charge in [-0.1, -0.05) is 87.9 Å². The third-order valence-electron chi connectivity index (χ3n) is 6.71. The monoisotopic (exact) mass is 519 g/mol. The van der Waals surface area contributed by atoms with Crippen LogP contribution in [0.25, 0.3) is 0 Å². The molecule has 1 aliphatic heterocycles. The Bertz CT molecular complexity index is 1380. The SMILES string of the molecule is CCCC1(Cc2ccccc2)OC(=O)C(C(c2cccc(NS(=O)(=O)c3ccccc3)c2)C(C)C)=C1O. The van der Waals surface area contributed by atoms with Crippen molar-refractivity contribution in [2.24, 2.45) is 5.92 Å². The maximum atomic E-state index is 13.3. The summed E-state index contributed by atoms with van der Waals surface area (Å²) in [6.07, 6.45) is 1.59. The Morgan fingerprint density at radius 1 is 0.946 bits per heavy atom. The highest BCUT2D eigenvalue weighted by Crippen LogP contribution is 2.45. The standard InChI is InChI=1S/C30H33NO5S/c1-4-18-30(20-22-12-7-5-8-13-22)28(32)27(29(33)36-30)26(21(2)3)23-14-11-15-24(19-23)31-37(34,35)25-16-9-6-10-17-25/h5-17,19,21,26,31-32H,4,18,20H2,1-3H3. The Kier molecular flexibility index (Phi) is 7.73. The van der Waals surface area contributed by atoms with Crippen LogP contribution in [0.4, 0.5) is 5.69 Å². The van der Waals surface area contributed by atoms with Gasteiger partial charge in [-0.05, 0) is 47.7 Å². The molecule has 0 radical (unpaired) electrons. The number of ether oxygens (including phenoxy) is 1. The molecule has 2 atom stereocenters. The van der Waals surface area contributed by atoms with Crippen molar-refractivity contribution in [3.05, 3.63) is 107 Å². The molecule has 0 saturated carbocycles. The van der Waals surface area contributed by atoms with Gasteiger partial charge in [0.15, 0.2) is 5.60 Å². The third kappa shape index (κ3) is 5.57. The maximum Gasteiger partial charge on any atom is 0.339 e. The van der Waals surface area contributed by atoms with Crippen molar-refractivity contribution in [3.8, 4) is 0 Å². The van der Waals surface area contributed by atoms with Crippen molar-refractivity contribution in [3.63, 3.8) is 0 Å². The number of rotatable bonds is 10. The van der Waals surface area contributed by atoms with Crippen molar-refractivity contribution in [2.75, 3.05) is 4.72 Å². The van der Waals surface area contributed by atoms with Crippen LogP contribution >= 0.6 is 0 Å². The minimum absolute atomic E-state index is 0.0304. The molecule has 194 valence electrons. The lowest BCUT2D eigenvalue weighted by Gasteiger charge is -2.28. The Balaban J connectivity index is 1.72. The van der Waals surface area contributed by atoms with E-state index >= 15 is 0 Å². The fourth-order valence-corrected chi connectivity index (χ4v) is 6.17. The maximum absolute atomic E-state index is 13.3. The molecular formula is C30H33NO5S. The number of benzene rings is 3. The summed E-state index contributed by atoms with van der Waals surface area (Å²) in [7, 11) is -3.78. The van der Waals surface area contributed by atoms with E-state index in [1.54, 1.807) is 36.4 Å². The number of nitrogens with one attached hydrogen (secondary N) is 1. The van der Waals surface area contributed by atoms with Gasteiger partial charge in [0.25, 0.3) is 10.0 Å². The molecule has 37 heavy (non-hydrogen) atoms. The van der Waals surface area contributed by atoms with Gasteiger partial charge in [-0.2, -0.15) is 0 Å². The molecule has 0 aliphatic carbocycles. The number of sulfonamides is 1. The molecule has 3 aromatic carbocycles. The summed E-state index contributed by atoms with van der Waals surface area (Å²) in [5.41, 5.74) is 1.18. The number of cyclic esters (lactones) is 1. The lowest BCUT2D eigenvalue weighted by Crippen LogP contribution is -2.34. The highest BCUT2D eigenvalue weighted by atomic mass is 32.2. The first-order chi connectivity index (χ1) is 17.7. The summed E-state index contributed by atoms with van der Waals surface area (Å²) < 4.78 is 34.3. The predicted molar refractivity (Wildman–Crippen MR) is 145 cm³/mol. The van der Waals surface area contributed by atoms with Crippen LogP contribution in [0.2, 0.25) is 0 Å². The Hall–Kier alpha value is -3.58. The summed E-state index contributed by atoms with van der Waals surface area (Å²) in [5, 5.41) is 11.6. The largest absolute Gasteiger partial charge is 0.507 e. The summed E-state index contributed by atoms with van der Waals surface area (Å²) in [6, 6.07) is 24.8. The van der Waals surface area contributed by atoms with Gasteiger partial charge in [0, 0.05) is 18.0 Å². The number of esters is 1. The summed E-state index contributed by atoms with van der Waals surface area (Å²) >= 11 is 0. The third-order valence-corrected chi connectivity index (χ3v) is 8.11. The molecule has 0 spiro atoms. The predicted octanol–water partition coefficient (Wildman–Crippen LogP) is 6.38. The van der Waals surface area contributed by atoms with E-state index in [-0.39, 0.29) is 22.1 Å². The molecule has 0 aromatic heterocycles. The number of aliphatic hydroxyl groups excluding tert-OH is 1. The number of hydrogen-bond acceptors (Lipinski definition) is 5. The first-order valence-corrected chi connectivity index (χ1v) is 14.0. The molecular weight excluding hydrogens is 486 g/mol. The van der Waals surface area contributed by atoms with E-state index in [1.165, 1.54) is 12.1 Å². The zero-order valence-corrected chi connectivity index (χ0v) is 22.2. The normalized spacial score (nSPS) is 18.6. The van der Waals surface area contributed by atoms with Gasteiger partial charge < -0.3 is 9.84 Å². The Morgan fingerprint density at radius 3 is 2.22 bits per heavy atom. The van der Waals surface area contributed by atoms with Gasteiger partial charge in [0.1, 0.15) is 5.76 Å². The van der Waals surface area contributed by atoms with Gasteiger partial charge in [-0.25, -0.2) is 13.2 Å². The minimum Gasteiger partial charge on any atom is -0.507 e. The van der Waals surface area contributed by atoms with Gasteiger partial charge in [-0.15, -0.1) is 0 Å². The molecule has 0 fully saturated rings. The van der Waals surface area contributed by atoms with Gasteiger partial charge >= 0.3 is 5.97 Å². The molecule has 1 aliphatic rings. The zero-order valence-electron chi connectivity index (χ0n) is 21.3. The second kappa shape index (κ2) is 10.8. The number of hydrogen-bond donors (Lipinski definition) is 2. The highest BCUT2D eigenvalue weighted by molar-refractivity contribution is 7.92. The Morgan fingerprint density at radius 2 is 1.59 bits per heavy atom. The van der Waals surface area contributed by atoms with Crippen LogP contribution in [0.3, 0.4) is 0 Å². The van der Waals surface area contributed by atoms with Crippen molar-refractivity contribution in [1.29, 1.82) is 0 Å². The first kappa shape index (κ1) is 26.5. The quantitative estimate of drug-likeness (QED) is 0.303. The van der Waals surface area contributed by atoms with Crippen LogP contribution in [0.5, 0.6) is 0 Å². The summed E-state index contributed by atoms with van der Waals surface area (Å²) in [4.78, 5) is 13.5. The second-order valence-corrected chi connectivity index (χ2v) is 11.5. The van der Waals surface area contributed by atoms with Crippen LogP contribution in [-0.4, -0.2) is 25.1 Å². The molecule has 0 bridgehead atoms. The number of aliphatic hydroxyl groups is 1. The molecule has 6 nitrogen and oxygen atoms in total. The van der Waals surface area contributed by atoms with Crippen molar-refractivity contribution >= 4 is 21.7 Å². The van der Waals surface area contributed by atoms with Crippen molar-refractivity contribution in [1.82, 2.24) is 0 Å². The summed E-state index contributed by atoms with van der Waals surface area (Å²) in [6.45, 7) is 5.93. The average Bonchev–Trinajstić information content (AvgIpc) is 3.10. The van der Waals surface area contributed by atoms with Crippen LogP contribution in [0.15, 0.2) is 101 Å². The van der Waals surface area contributed by atoms with Crippen LogP contribution in [0, 0.1) is 5.92 Å². The molecule has 7 heteroatoms. The van der Waals surface area contributed by atoms with Crippen molar-refractivity contribution in [2.45, 2.75) is 56.4 Å². The van der Waals surface area contributed by atoms with Crippen LogP contribution in [0.1, 0.15) is 50.7 Å². The topological polar surface area (TPSA) is 92.7 Å². The van der Waals surface area contributed by atoms with Crippen LogP contribution < -0.4 is 4.72 Å². The first-order valence-electron chi connectivity index (χ1n) is 12.6. The van der Waals surface area contributed by atoms with E-state index in [9.17, 15) is 18.3 Å². The molecule has 0 saturated heterocycles. The molecule has 0 amide bonds. The second-order valence-electron chi connectivity index (χ2n) is 9.82. The molecule has 1 heterocycles. The number of carbonyl (C=O) groups is 1. The zero-order chi connectivity index (χ0) is 26.6. The fourth-order valence-electron chi connectivity index (χ4n) is 5.10. The van der Waals surface area contributed by atoms with Gasteiger partial charge in [-0.3, -0.25) is 4.72 Å². The van der Waals surface area contributed by atoms with E-state index in [0.717, 1.165) is 12.0 Å². The van der Waals surface area contributed by atoms with Gasteiger partial charge in [0.05, 0.1) is 10.5 Å². The van der Waals surface area contributed by atoms with E-state index < -0.39 is 27.5 Å². The van der Waals surface area contributed by atoms with E-state index in [0.29, 0.717) is 24.1 Å². The Labute approximate surface area is 219 Å². The van der Waals surface area contributed by atoms with E-state index in [1.807, 2.05) is 57.2 Å². The highest BCUT2D eigenvalue weighted by Gasteiger charge is 2.50. The smallest absolute Gasteiger partial charge is 0.339 e. The number of anilines is 1. The van der Waals surface area contributed by atoms with Crippen LogP contribution in [-0.2, 0) is 26.0 Å². The lowest BCUT2D eigenvalue weighted by molar-refractivity contribution is -0.149. The van der Waals surface area contributed by atoms with E-state index in [4.69, 9.17) is 4.74 Å². The van der Waals surface area contributed by atoms with Crippen molar-refractivity contribution < 1.29 is 23.1 Å². The minimum atomic E-state index is -3.78. The summed E-state index contributed by atoms with van der Waals surface area (Å²) in [5.74, 6) is -1.11. The lowest BCUT2D eigenvalue weighted by atomic mass is 9.79. The number of carbonyl (C=O) groups excluding carboxylic acids is 1. The molecule has 2 N–H and O–H groups in total. The molecule has 2 unspecified atom stereocenters. The molecule has 3 aromatic rings. The van der Waals surface area contributed by atoms with Gasteiger partial charge in [0.2, 0.25) is 0 Å². The average molecular weight is 520 g/mol. The molecule has 4 rings (SSSR count).